The van der Waals surface area contributed by atoms with Gasteiger partial charge in [-0.1, -0.05) is 17.7 Å². The number of benzene rings is 2. The molecular formula is C20H19ClN4O2. The molecule has 0 amide bonds. The van der Waals surface area contributed by atoms with Crippen LogP contribution in [0.1, 0.15) is 5.56 Å². The number of nitrogens with one attached hydrogen (secondary N) is 2. The highest BCUT2D eigenvalue weighted by molar-refractivity contribution is 6.31. The molecule has 0 atom stereocenters. The normalized spacial score (nSPS) is 11.1. The highest BCUT2D eigenvalue weighted by atomic mass is 35.5. The van der Waals surface area contributed by atoms with Crippen LogP contribution < -0.4 is 14.8 Å². The second kappa shape index (κ2) is 7.32. The van der Waals surface area contributed by atoms with Crippen molar-refractivity contribution >= 4 is 39.4 Å². The zero-order valence-corrected chi connectivity index (χ0v) is 15.8. The van der Waals surface area contributed by atoms with E-state index in [0.717, 1.165) is 57.8 Å². The summed E-state index contributed by atoms with van der Waals surface area (Å²) in [7, 11) is 3.27. The van der Waals surface area contributed by atoms with Gasteiger partial charge in [0.2, 0.25) is 0 Å². The summed E-state index contributed by atoms with van der Waals surface area (Å²) in [5, 5.41) is 5.06. The zero-order valence-electron chi connectivity index (χ0n) is 15.0. The monoisotopic (exact) mass is 382 g/mol. The molecule has 0 saturated carbocycles. The van der Waals surface area contributed by atoms with Crippen LogP contribution in [0.15, 0.2) is 42.7 Å². The average molecular weight is 383 g/mol. The van der Waals surface area contributed by atoms with Crippen molar-refractivity contribution in [3.8, 4) is 11.5 Å². The number of rotatable bonds is 6. The Hall–Kier alpha value is -2.99. The summed E-state index contributed by atoms with van der Waals surface area (Å²) in [6.07, 6.45) is 2.38. The molecule has 2 aromatic heterocycles. The van der Waals surface area contributed by atoms with Crippen LogP contribution in [-0.2, 0) is 6.42 Å². The number of aromatic amines is 1. The molecule has 2 aromatic carbocycles. The lowest BCUT2D eigenvalue weighted by molar-refractivity contribution is 0.354. The molecule has 0 unspecified atom stereocenters. The van der Waals surface area contributed by atoms with E-state index in [9.17, 15) is 0 Å². The van der Waals surface area contributed by atoms with Gasteiger partial charge in [-0.2, -0.15) is 0 Å². The molecule has 7 heteroatoms. The topological polar surface area (TPSA) is 72.1 Å². The number of H-pyrrole nitrogens is 1. The Morgan fingerprint density at radius 3 is 2.70 bits per heavy atom. The number of methoxy groups -OCH3 is 2. The lowest BCUT2D eigenvalue weighted by Crippen LogP contribution is -2.07. The number of fused-ring (bicyclic) bond motifs is 3. The van der Waals surface area contributed by atoms with Gasteiger partial charge in [-0.15, -0.1) is 0 Å². The van der Waals surface area contributed by atoms with Gasteiger partial charge in [0.25, 0.3) is 0 Å². The summed E-state index contributed by atoms with van der Waals surface area (Å²) in [4.78, 5) is 12.2. The second-order valence-electron chi connectivity index (χ2n) is 6.13. The molecule has 0 saturated heterocycles. The quantitative estimate of drug-likeness (QED) is 0.516. The lowest BCUT2D eigenvalue weighted by atomic mass is 10.1. The standard InChI is InChI=1S/C20H19ClN4O2/c1-26-16-6-3-12(9-17(16)27-2)7-8-22-20-19-18(23-11-24-20)14-10-13(21)4-5-15(14)25-19/h3-6,9-11,25H,7-8H2,1-2H3,(H,22,23,24). The van der Waals surface area contributed by atoms with E-state index in [1.54, 1.807) is 20.5 Å². The van der Waals surface area contributed by atoms with E-state index >= 15 is 0 Å². The molecule has 0 spiro atoms. The summed E-state index contributed by atoms with van der Waals surface area (Å²) in [5.41, 5.74) is 3.87. The van der Waals surface area contributed by atoms with Crippen molar-refractivity contribution in [3.63, 3.8) is 0 Å². The molecule has 0 bridgehead atoms. The fourth-order valence-electron chi connectivity index (χ4n) is 3.16. The van der Waals surface area contributed by atoms with Gasteiger partial charge in [0.05, 0.1) is 14.2 Å². The Kier molecular flexibility index (Phi) is 4.73. The predicted octanol–water partition coefficient (Wildman–Crippen LogP) is 4.44. The van der Waals surface area contributed by atoms with E-state index in [1.165, 1.54) is 0 Å². The van der Waals surface area contributed by atoms with E-state index in [4.69, 9.17) is 21.1 Å². The van der Waals surface area contributed by atoms with E-state index in [0.29, 0.717) is 5.02 Å². The van der Waals surface area contributed by atoms with Crippen molar-refractivity contribution in [2.24, 2.45) is 0 Å². The molecule has 0 aliphatic rings. The summed E-state index contributed by atoms with van der Waals surface area (Å²) in [6, 6.07) is 11.7. The molecule has 0 aliphatic carbocycles. The van der Waals surface area contributed by atoms with E-state index in [1.807, 2.05) is 36.4 Å². The summed E-state index contributed by atoms with van der Waals surface area (Å²) < 4.78 is 10.6. The minimum Gasteiger partial charge on any atom is -0.493 e. The summed E-state index contributed by atoms with van der Waals surface area (Å²) >= 11 is 6.12. The van der Waals surface area contributed by atoms with Crippen molar-refractivity contribution in [1.82, 2.24) is 15.0 Å². The van der Waals surface area contributed by atoms with Crippen LogP contribution in [0, 0.1) is 0 Å². The van der Waals surface area contributed by atoms with Gasteiger partial charge in [0.1, 0.15) is 17.4 Å². The Morgan fingerprint density at radius 1 is 1.04 bits per heavy atom. The Morgan fingerprint density at radius 2 is 1.89 bits per heavy atom. The number of anilines is 1. The van der Waals surface area contributed by atoms with Crippen LogP contribution >= 0.6 is 11.6 Å². The first-order chi connectivity index (χ1) is 13.2. The Balaban J connectivity index is 1.55. The molecule has 6 nitrogen and oxygen atoms in total. The predicted molar refractivity (Wildman–Crippen MR) is 108 cm³/mol. The van der Waals surface area contributed by atoms with Gasteiger partial charge in [-0.25, -0.2) is 9.97 Å². The first-order valence-corrected chi connectivity index (χ1v) is 8.94. The van der Waals surface area contributed by atoms with E-state index in [2.05, 4.69) is 20.3 Å². The number of hydrogen-bond donors (Lipinski definition) is 2. The molecule has 2 heterocycles. The van der Waals surface area contributed by atoms with Crippen molar-refractivity contribution in [3.05, 3.63) is 53.3 Å². The van der Waals surface area contributed by atoms with E-state index in [-0.39, 0.29) is 0 Å². The van der Waals surface area contributed by atoms with Crippen molar-refractivity contribution in [1.29, 1.82) is 0 Å². The number of hydrogen-bond acceptors (Lipinski definition) is 5. The highest BCUT2D eigenvalue weighted by Crippen LogP contribution is 2.30. The summed E-state index contributed by atoms with van der Waals surface area (Å²) in [6.45, 7) is 0.720. The fraction of sp³-hybridized carbons (Fsp3) is 0.200. The van der Waals surface area contributed by atoms with Gasteiger partial charge < -0.3 is 19.8 Å². The van der Waals surface area contributed by atoms with Gasteiger partial charge in [0, 0.05) is 22.5 Å². The largest absolute Gasteiger partial charge is 0.493 e. The molecule has 138 valence electrons. The van der Waals surface area contributed by atoms with Crippen LogP contribution in [0.4, 0.5) is 5.82 Å². The maximum atomic E-state index is 6.12. The first-order valence-electron chi connectivity index (χ1n) is 8.56. The van der Waals surface area contributed by atoms with Crippen molar-refractivity contribution in [2.45, 2.75) is 6.42 Å². The third-order valence-corrected chi connectivity index (χ3v) is 4.73. The Labute approximate surface area is 161 Å². The van der Waals surface area contributed by atoms with Crippen LogP contribution in [0.2, 0.25) is 5.02 Å². The molecule has 0 fully saturated rings. The molecule has 0 aliphatic heterocycles. The molecule has 2 N–H and O–H groups in total. The van der Waals surface area contributed by atoms with Gasteiger partial charge in [-0.05, 0) is 42.3 Å². The first kappa shape index (κ1) is 17.4. The number of ether oxygens (including phenoxy) is 2. The van der Waals surface area contributed by atoms with Gasteiger partial charge in [0.15, 0.2) is 17.3 Å². The van der Waals surface area contributed by atoms with Crippen LogP contribution in [0.25, 0.3) is 21.9 Å². The lowest BCUT2D eigenvalue weighted by Gasteiger charge is -2.10. The fourth-order valence-corrected chi connectivity index (χ4v) is 3.33. The maximum absolute atomic E-state index is 6.12. The van der Waals surface area contributed by atoms with Crippen LogP contribution in [-0.4, -0.2) is 35.7 Å². The minimum atomic E-state index is 0.685. The third-order valence-electron chi connectivity index (χ3n) is 4.50. The Bertz CT molecular complexity index is 1110. The highest BCUT2D eigenvalue weighted by Gasteiger charge is 2.11. The zero-order chi connectivity index (χ0) is 18.8. The van der Waals surface area contributed by atoms with Crippen molar-refractivity contribution in [2.75, 3.05) is 26.1 Å². The molecular weight excluding hydrogens is 364 g/mol. The molecule has 4 aromatic rings. The molecule has 27 heavy (non-hydrogen) atoms. The molecule has 4 rings (SSSR count). The van der Waals surface area contributed by atoms with Crippen LogP contribution in [0.3, 0.4) is 0 Å². The van der Waals surface area contributed by atoms with Crippen LogP contribution in [0.5, 0.6) is 11.5 Å². The number of aromatic nitrogens is 3. The number of halogens is 1. The maximum Gasteiger partial charge on any atom is 0.160 e. The summed E-state index contributed by atoms with van der Waals surface area (Å²) in [5.74, 6) is 2.23. The second-order valence-corrected chi connectivity index (χ2v) is 6.56. The smallest absolute Gasteiger partial charge is 0.160 e. The number of nitrogens with zero attached hydrogens (tertiary/aromatic N) is 2. The van der Waals surface area contributed by atoms with Gasteiger partial charge in [-0.3, -0.25) is 0 Å². The average Bonchev–Trinajstić information content (AvgIpc) is 3.06. The minimum absolute atomic E-state index is 0.685. The van der Waals surface area contributed by atoms with Gasteiger partial charge >= 0.3 is 0 Å². The SMILES string of the molecule is COc1ccc(CCNc2ncnc3c2[nH]c2ccc(Cl)cc23)cc1OC. The third kappa shape index (κ3) is 3.36. The van der Waals surface area contributed by atoms with E-state index < -0.39 is 0 Å². The van der Waals surface area contributed by atoms with Crippen molar-refractivity contribution < 1.29 is 9.47 Å². The molecule has 0 radical (unpaired) electrons.